The van der Waals surface area contributed by atoms with Gasteiger partial charge in [0, 0.05) is 36.1 Å². The predicted octanol–water partition coefficient (Wildman–Crippen LogP) is 3.54. The number of nitrogens with zero attached hydrogens (tertiary/aromatic N) is 4. The second-order valence-electron chi connectivity index (χ2n) is 5.52. The van der Waals surface area contributed by atoms with Crippen LogP contribution in [0.5, 0.6) is 0 Å². The molecule has 0 spiro atoms. The average Bonchev–Trinajstić information content (AvgIpc) is 3.09. The molecule has 0 aliphatic rings. The highest BCUT2D eigenvalue weighted by Gasteiger charge is 2.15. The molecule has 0 aliphatic heterocycles. The SMILES string of the molecule is CCn1cc(Nc2ncc(C(=O)O)c(NCc3c(F)cccc3Cl)n2)cn1. The number of carbonyl (C=O) groups is 1. The van der Waals surface area contributed by atoms with Gasteiger partial charge in [0.1, 0.15) is 17.2 Å². The number of carboxylic acids is 1. The molecule has 0 amide bonds. The highest BCUT2D eigenvalue weighted by atomic mass is 35.5. The summed E-state index contributed by atoms with van der Waals surface area (Å²) in [6.07, 6.45) is 4.54. The molecule has 0 aliphatic carbocycles. The molecule has 140 valence electrons. The Labute approximate surface area is 159 Å². The number of aromatic carboxylic acids is 1. The molecule has 2 aromatic heterocycles. The van der Waals surface area contributed by atoms with Crippen molar-refractivity contribution in [3.8, 4) is 0 Å². The summed E-state index contributed by atoms with van der Waals surface area (Å²) in [6, 6.07) is 4.32. The Bertz CT molecular complexity index is 958. The molecule has 2 heterocycles. The molecule has 0 saturated heterocycles. The molecular formula is C17H16ClFN6O2. The Morgan fingerprint density at radius 1 is 1.37 bits per heavy atom. The molecule has 0 fully saturated rings. The summed E-state index contributed by atoms with van der Waals surface area (Å²) in [7, 11) is 0. The smallest absolute Gasteiger partial charge is 0.341 e. The van der Waals surface area contributed by atoms with Gasteiger partial charge in [0.25, 0.3) is 0 Å². The second kappa shape index (κ2) is 8.00. The molecule has 3 rings (SSSR count). The highest BCUT2D eigenvalue weighted by Crippen LogP contribution is 2.22. The van der Waals surface area contributed by atoms with Crippen LogP contribution in [-0.4, -0.2) is 30.8 Å². The van der Waals surface area contributed by atoms with E-state index < -0.39 is 11.8 Å². The van der Waals surface area contributed by atoms with Gasteiger partial charge >= 0.3 is 5.97 Å². The topological polar surface area (TPSA) is 105 Å². The summed E-state index contributed by atoms with van der Waals surface area (Å²) in [5, 5.41) is 19.5. The largest absolute Gasteiger partial charge is 0.477 e. The first-order valence-corrected chi connectivity index (χ1v) is 8.42. The average molecular weight is 391 g/mol. The maximum absolute atomic E-state index is 13.9. The zero-order valence-corrected chi connectivity index (χ0v) is 15.0. The van der Waals surface area contributed by atoms with Crippen LogP contribution in [0, 0.1) is 5.82 Å². The van der Waals surface area contributed by atoms with Crippen LogP contribution in [0.1, 0.15) is 22.8 Å². The number of aryl methyl sites for hydroxylation is 1. The highest BCUT2D eigenvalue weighted by molar-refractivity contribution is 6.31. The summed E-state index contributed by atoms with van der Waals surface area (Å²) in [6.45, 7) is 2.62. The zero-order valence-electron chi connectivity index (χ0n) is 14.3. The molecular weight excluding hydrogens is 375 g/mol. The molecule has 0 atom stereocenters. The lowest BCUT2D eigenvalue weighted by molar-refractivity contribution is 0.0697. The number of hydrogen-bond acceptors (Lipinski definition) is 6. The van der Waals surface area contributed by atoms with Crippen molar-refractivity contribution < 1.29 is 14.3 Å². The standard InChI is InChI=1S/C17H16ClFN6O2/c1-2-25-9-10(6-22-25)23-17-21-8-12(16(26)27)15(24-17)20-7-11-13(18)4-3-5-14(11)19/h3-6,8-9H,2,7H2,1H3,(H,26,27)(H2,20,21,23,24). The quantitative estimate of drug-likeness (QED) is 0.566. The Balaban J connectivity index is 1.84. The van der Waals surface area contributed by atoms with Crippen molar-refractivity contribution >= 4 is 35.0 Å². The first-order valence-electron chi connectivity index (χ1n) is 8.04. The molecule has 3 N–H and O–H groups in total. The van der Waals surface area contributed by atoms with Crippen LogP contribution in [0.4, 0.5) is 21.8 Å². The number of halogens is 2. The fourth-order valence-electron chi connectivity index (χ4n) is 2.34. The van der Waals surface area contributed by atoms with Gasteiger partial charge in [0.05, 0.1) is 11.9 Å². The van der Waals surface area contributed by atoms with Crippen molar-refractivity contribution in [3.05, 3.63) is 58.8 Å². The molecule has 3 aromatic rings. The van der Waals surface area contributed by atoms with Crippen molar-refractivity contribution in [1.29, 1.82) is 0 Å². The van der Waals surface area contributed by atoms with E-state index in [9.17, 15) is 14.3 Å². The van der Waals surface area contributed by atoms with Crippen LogP contribution in [0.25, 0.3) is 0 Å². The van der Waals surface area contributed by atoms with Crippen LogP contribution in [0.15, 0.2) is 36.8 Å². The van der Waals surface area contributed by atoms with Crippen molar-refractivity contribution in [3.63, 3.8) is 0 Å². The van der Waals surface area contributed by atoms with Crippen molar-refractivity contribution in [2.45, 2.75) is 20.0 Å². The van der Waals surface area contributed by atoms with Crippen molar-refractivity contribution in [2.75, 3.05) is 10.6 Å². The van der Waals surface area contributed by atoms with Gasteiger partial charge < -0.3 is 15.7 Å². The molecule has 1 aromatic carbocycles. The minimum atomic E-state index is -1.21. The third-order valence-corrected chi connectivity index (χ3v) is 4.08. The Kier molecular flexibility index (Phi) is 5.51. The minimum absolute atomic E-state index is 0.0317. The van der Waals surface area contributed by atoms with Gasteiger partial charge in [-0.15, -0.1) is 0 Å². The number of nitrogens with one attached hydrogen (secondary N) is 2. The third kappa shape index (κ3) is 4.32. The van der Waals surface area contributed by atoms with Crippen LogP contribution in [0.2, 0.25) is 5.02 Å². The molecule has 0 saturated carbocycles. The monoisotopic (exact) mass is 390 g/mol. The summed E-state index contributed by atoms with van der Waals surface area (Å²) < 4.78 is 15.6. The molecule has 0 bridgehead atoms. The summed E-state index contributed by atoms with van der Waals surface area (Å²) in [5.74, 6) is -1.48. The summed E-state index contributed by atoms with van der Waals surface area (Å²) in [5.41, 5.74) is 0.730. The number of rotatable bonds is 7. The first kappa shape index (κ1) is 18.6. The van der Waals surface area contributed by atoms with Gasteiger partial charge in [-0.1, -0.05) is 17.7 Å². The van der Waals surface area contributed by atoms with E-state index in [1.165, 1.54) is 18.3 Å². The number of aromatic nitrogens is 4. The second-order valence-corrected chi connectivity index (χ2v) is 5.93. The molecule has 0 radical (unpaired) electrons. The van der Waals surface area contributed by atoms with Gasteiger partial charge in [-0.3, -0.25) is 4.68 Å². The maximum atomic E-state index is 13.9. The normalized spacial score (nSPS) is 10.6. The maximum Gasteiger partial charge on any atom is 0.341 e. The van der Waals surface area contributed by atoms with E-state index in [2.05, 4.69) is 25.7 Å². The van der Waals surface area contributed by atoms with E-state index in [1.807, 2.05) is 6.92 Å². The lowest BCUT2D eigenvalue weighted by atomic mass is 10.2. The Morgan fingerprint density at radius 3 is 2.85 bits per heavy atom. The van der Waals surface area contributed by atoms with E-state index in [-0.39, 0.29) is 34.5 Å². The van der Waals surface area contributed by atoms with E-state index in [4.69, 9.17) is 11.6 Å². The van der Waals surface area contributed by atoms with E-state index >= 15 is 0 Å². The third-order valence-electron chi connectivity index (χ3n) is 3.73. The number of carboxylic acid groups (broad SMARTS) is 1. The Morgan fingerprint density at radius 2 is 2.19 bits per heavy atom. The first-order chi connectivity index (χ1) is 13.0. The van der Waals surface area contributed by atoms with Gasteiger partial charge in [-0.05, 0) is 19.1 Å². The van der Waals surface area contributed by atoms with Gasteiger partial charge in [-0.2, -0.15) is 10.1 Å². The number of anilines is 3. The summed E-state index contributed by atoms with van der Waals surface area (Å²) in [4.78, 5) is 19.6. The van der Waals surface area contributed by atoms with Gasteiger partial charge in [0.15, 0.2) is 0 Å². The van der Waals surface area contributed by atoms with Crippen molar-refractivity contribution in [2.24, 2.45) is 0 Å². The van der Waals surface area contributed by atoms with E-state index in [1.54, 1.807) is 23.1 Å². The fourth-order valence-corrected chi connectivity index (χ4v) is 2.57. The van der Waals surface area contributed by atoms with Gasteiger partial charge in [0.2, 0.25) is 5.95 Å². The molecule has 8 nitrogen and oxygen atoms in total. The van der Waals surface area contributed by atoms with Crippen LogP contribution < -0.4 is 10.6 Å². The lowest BCUT2D eigenvalue weighted by Gasteiger charge is -2.12. The van der Waals surface area contributed by atoms with E-state index in [0.29, 0.717) is 12.2 Å². The zero-order chi connectivity index (χ0) is 19.4. The van der Waals surface area contributed by atoms with Crippen LogP contribution in [0.3, 0.4) is 0 Å². The van der Waals surface area contributed by atoms with Gasteiger partial charge in [-0.25, -0.2) is 14.2 Å². The number of benzene rings is 1. The van der Waals surface area contributed by atoms with Crippen molar-refractivity contribution in [1.82, 2.24) is 19.7 Å². The fraction of sp³-hybridized carbons (Fsp3) is 0.176. The summed E-state index contributed by atoms with van der Waals surface area (Å²) >= 11 is 6.00. The Hall–Kier alpha value is -3.20. The molecule has 0 unspecified atom stereocenters. The van der Waals surface area contributed by atoms with E-state index in [0.717, 1.165) is 0 Å². The van der Waals surface area contributed by atoms with Crippen LogP contribution >= 0.6 is 11.6 Å². The lowest BCUT2D eigenvalue weighted by Crippen LogP contribution is -2.11. The number of hydrogen-bond donors (Lipinski definition) is 3. The van der Waals surface area contributed by atoms with Crippen LogP contribution in [-0.2, 0) is 13.1 Å². The molecule has 10 heteroatoms. The minimum Gasteiger partial charge on any atom is -0.477 e. The predicted molar refractivity (Wildman–Crippen MR) is 98.9 cm³/mol. The molecule has 27 heavy (non-hydrogen) atoms.